The highest BCUT2D eigenvalue weighted by molar-refractivity contribution is 5.86. The Kier molecular flexibility index (Phi) is 7.26. The van der Waals surface area contributed by atoms with E-state index < -0.39 is 60.3 Å². The summed E-state index contributed by atoms with van der Waals surface area (Å²) in [5.41, 5.74) is 3.25. The maximum atomic E-state index is 13.1. The zero-order chi connectivity index (χ0) is 26.1. The van der Waals surface area contributed by atoms with Gasteiger partial charge < -0.3 is 40.0 Å². The van der Waals surface area contributed by atoms with Gasteiger partial charge >= 0.3 is 12.1 Å². The molecule has 1 saturated heterocycles. The Balaban J connectivity index is 1.90. The molecule has 2 aromatic heterocycles. The zero-order valence-corrected chi connectivity index (χ0v) is 20.3. The van der Waals surface area contributed by atoms with Crippen LogP contribution >= 0.6 is 0 Å². The van der Waals surface area contributed by atoms with Crippen LogP contribution in [-0.4, -0.2) is 72.9 Å². The van der Waals surface area contributed by atoms with Crippen LogP contribution in [0.5, 0.6) is 0 Å². The van der Waals surface area contributed by atoms with Crippen molar-refractivity contribution < 1.29 is 34.0 Å². The molecule has 2 aromatic rings. The van der Waals surface area contributed by atoms with Gasteiger partial charge in [0.25, 0.3) is 0 Å². The predicted molar refractivity (Wildman–Crippen MR) is 125 cm³/mol. The molecule has 1 aliphatic heterocycles. The van der Waals surface area contributed by atoms with Crippen LogP contribution < -0.4 is 11.1 Å². The van der Waals surface area contributed by atoms with Crippen molar-refractivity contribution in [1.29, 1.82) is 0 Å². The van der Waals surface area contributed by atoms with Gasteiger partial charge in [-0.05, 0) is 32.8 Å². The number of carbonyl (C=O) groups is 2. The van der Waals surface area contributed by atoms with Crippen molar-refractivity contribution >= 4 is 28.9 Å². The largest absolute Gasteiger partial charge is 0.454 e. The number of rotatable bonds is 6. The van der Waals surface area contributed by atoms with Crippen LogP contribution in [0, 0.1) is 18.3 Å². The van der Waals surface area contributed by atoms with E-state index in [0.717, 1.165) is 0 Å². The average Bonchev–Trinajstić information content (AvgIpc) is 3.31. The first-order valence-corrected chi connectivity index (χ1v) is 11.1. The van der Waals surface area contributed by atoms with E-state index in [2.05, 4.69) is 21.2 Å². The number of nitrogens with zero attached hydrogens (tertiary/aromatic N) is 3. The summed E-state index contributed by atoms with van der Waals surface area (Å²) in [5, 5.41) is 24.4. The monoisotopic (exact) mass is 489 g/mol. The van der Waals surface area contributed by atoms with Gasteiger partial charge in [0.1, 0.15) is 35.5 Å². The number of esters is 1. The highest BCUT2D eigenvalue weighted by atomic mass is 16.6. The van der Waals surface area contributed by atoms with Gasteiger partial charge in [-0.3, -0.25) is 0 Å². The number of fused-ring (bicyclic) bond motifs is 1. The van der Waals surface area contributed by atoms with Crippen LogP contribution in [-0.2, 0) is 19.0 Å². The third kappa shape index (κ3) is 5.17. The SMILES string of the molecule is C#C[C@@]1(O)[C@H](OC(=O)C(NC(=O)OC(C)(C)C)C(C)C)[C@@H](CO)O[C@H]1n1ccc2c(N)ncnc21. The molecule has 1 fully saturated rings. The molecule has 0 aliphatic carbocycles. The van der Waals surface area contributed by atoms with E-state index >= 15 is 0 Å². The molecule has 3 rings (SSSR count). The summed E-state index contributed by atoms with van der Waals surface area (Å²) in [6.45, 7) is 7.85. The highest BCUT2D eigenvalue weighted by Crippen LogP contribution is 2.41. The molecule has 1 aliphatic rings. The van der Waals surface area contributed by atoms with Crippen molar-refractivity contribution in [3.8, 4) is 12.3 Å². The molecule has 12 nitrogen and oxygen atoms in total. The van der Waals surface area contributed by atoms with Gasteiger partial charge in [0.05, 0.1) is 12.0 Å². The Morgan fingerprint density at radius 2 is 2.09 bits per heavy atom. The number of aliphatic hydroxyl groups is 2. The Bertz CT molecular complexity index is 1140. The van der Waals surface area contributed by atoms with Crippen molar-refractivity contribution in [2.75, 3.05) is 12.3 Å². The molecule has 0 radical (unpaired) electrons. The van der Waals surface area contributed by atoms with Crippen molar-refractivity contribution in [3.05, 3.63) is 18.6 Å². The topological polar surface area (TPSA) is 171 Å². The molecule has 0 spiro atoms. The highest BCUT2D eigenvalue weighted by Gasteiger charge is 2.59. The second-order valence-corrected chi connectivity index (χ2v) is 9.62. The van der Waals surface area contributed by atoms with E-state index in [4.69, 9.17) is 26.4 Å². The molecule has 5 N–H and O–H groups in total. The summed E-state index contributed by atoms with van der Waals surface area (Å²) in [6, 6.07) is 0.503. The second kappa shape index (κ2) is 9.69. The lowest BCUT2D eigenvalue weighted by molar-refractivity contribution is -0.164. The minimum Gasteiger partial charge on any atom is -0.454 e. The van der Waals surface area contributed by atoms with Crippen LogP contribution in [0.2, 0.25) is 0 Å². The molecule has 190 valence electrons. The second-order valence-electron chi connectivity index (χ2n) is 9.62. The van der Waals surface area contributed by atoms with E-state index in [0.29, 0.717) is 11.0 Å². The van der Waals surface area contributed by atoms with Gasteiger partial charge in [-0.15, -0.1) is 6.42 Å². The van der Waals surface area contributed by atoms with E-state index in [1.807, 2.05) is 0 Å². The van der Waals surface area contributed by atoms with E-state index in [1.165, 1.54) is 10.9 Å². The lowest BCUT2D eigenvalue weighted by Crippen LogP contribution is -2.53. The average molecular weight is 490 g/mol. The fourth-order valence-electron chi connectivity index (χ4n) is 3.81. The summed E-state index contributed by atoms with van der Waals surface area (Å²) >= 11 is 0. The summed E-state index contributed by atoms with van der Waals surface area (Å²) in [4.78, 5) is 33.5. The number of nitrogen functional groups attached to an aromatic ring is 1. The van der Waals surface area contributed by atoms with Gasteiger partial charge in [0, 0.05) is 6.20 Å². The maximum absolute atomic E-state index is 13.1. The zero-order valence-electron chi connectivity index (χ0n) is 20.3. The fraction of sp³-hybridized carbons (Fsp3) is 0.565. The molecular formula is C23H31N5O7. The first-order chi connectivity index (χ1) is 16.3. The number of ether oxygens (including phenoxy) is 3. The molecule has 0 aromatic carbocycles. The standard InChI is InChI=1S/C23H31N5O7/c1-7-23(32)16(34-19(30)15(12(2)3)27-21(31)35-22(4,5)6)14(10-29)33-20(23)28-9-8-13-17(24)25-11-26-18(13)28/h1,8-9,11-12,14-16,20,29,32H,10H2,2-6H3,(H,27,31)(H2,24,25,26)/t14-,15?,16-,20-,23-/m1/s1. The summed E-state index contributed by atoms with van der Waals surface area (Å²) in [6.07, 6.45) is 3.77. The van der Waals surface area contributed by atoms with Crippen LogP contribution in [0.4, 0.5) is 10.6 Å². The van der Waals surface area contributed by atoms with Gasteiger partial charge in [0.15, 0.2) is 12.3 Å². The van der Waals surface area contributed by atoms with Crippen LogP contribution in [0.1, 0.15) is 40.8 Å². The number of carbonyl (C=O) groups excluding carboxylic acids is 2. The van der Waals surface area contributed by atoms with E-state index in [9.17, 15) is 19.8 Å². The summed E-state index contributed by atoms with van der Waals surface area (Å²) in [5.74, 6) is 1.19. The number of aromatic nitrogens is 3. The molecule has 0 saturated carbocycles. The Hall–Kier alpha value is -3.40. The predicted octanol–water partition coefficient (Wildman–Crippen LogP) is 0.729. The molecule has 5 atom stereocenters. The number of aliphatic hydroxyl groups excluding tert-OH is 1. The quantitative estimate of drug-likeness (QED) is 0.335. The summed E-state index contributed by atoms with van der Waals surface area (Å²) < 4.78 is 18.1. The molecule has 12 heteroatoms. The minimum atomic E-state index is -2.19. The van der Waals surface area contributed by atoms with Crippen LogP contribution in [0.25, 0.3) is 11.0 Å². The van der Waals surface area contributed by atoms with Crippen molar-refractivity contribution in [1.82, 2.24) is 19.9 Å². The smallest absolute Gasteiger partial charge is 0.408 e. The van der Waals surface area contributed by atoms with Crippen molar-refractivity contribution in [2.45, 2.75) is 70.3 Å². The van der Waals surface area contributed by atoms with Crippen LogP contribution in [0.15, 0.2) is 18.6 Å². The number of amides is 1. The first kappa shape index (κ1) is 26.2. The van der Waals surface area contributed by atoms with Gasteiger partial charge in [-0.25, -0.2) is 19.6 Å². The number of hydrogen-bond acceptors (Lipinski definition) is 10. The van der Waals surface area contributed by atoms with Gasteiger partial charge in [0.2, 0.25) is 5.60 Å². The Labute approximate surface area is 202 Å². The fourth-order valence-corrected chi connectivity index (χ4v) is 3.81. The lowest BCUT2D eigenvalue weighted by Gasteiger charge is -2.31. The third-order valence-corrected chi connectivity index (χ3v) is 5.49. The summed E-state index contributed by atoms with van der Waals surface area (Å²) in [7, 11) is 0. The van der Waals surface area contributed by atoms with Crippen molar-refractivity contribution in [2.24, 2.45) is 5.92 Å². The molecule has 1 amide bonds. The lowest BCUT2D eigenvalue weighted by atomic mass is 9.94. The van der Waals surface area contributed by atoms with Crippen molar-refractivity contribution in [3.63, 3.8) is 0 Å². The molecular weight excluding hydrogens is 458 g/mol. The number of nitrogens with one attached hydrogen (secondary N) is 1. The number of terminal acetylenes is 1. The molecule has 1 unspecified atom stereocenters. The molecule has 3 heterocycles. The number of anilines is 1. The number of hydrogen-bond donors (Lipinski definition) is 4. The minimum absolute atomic E-state index is 0.214. The first-order valence-electron chi connectivity index (χ1n) is 11.1. The number of nitrogens with two attached hydrogens (primary N) is 1. The van der Waals surface area contributed by atoms with Gasteiger partial charge in [-0.1, -0.05) is 19.8 Å². The number of alkyl carbamates (subject to hydrolysis) is 1. The molecule has 0 bridgehead atoms. The maximum Gasteiger partial charge on any atom is 0.408 e. The van der Waals surface area contributed by atoms with Gasteiger partial charge in [-0.2, -0.15) is 0 Å². The Morgan fingerprint density at radius 1 is 1.40 bits per heavy atom. The van der Waals surface area contributed by atoms with Crippen LogP contribution in [0.3, 0.4) is 0 Å². The van der Waals surface area contributed by atoms with E-state index in [1.54, 1.807) is 46.9 Å². The normalized spacial score (nSPS) is 25.3. The van der Waals surface area contributed by atoms with E-state index in [-0.39, 0.29) is 5.82 Å². The molecule has 35 heavy (non-hydrogen) atoms. The third-order valence-electron chi connectivity index (χ3n) is 5.49. The Morgan fingerprint density at radius 3 is 2.66 bits per heavy atom.